The zero-order valence-corrected chi connectivity index (χ0v) is 11.5. The third-order valence-electron chi connectivity index (χ3n) is 4.10. The fourth-order valence-electron chi connectivity index (χ4n) is 2.82. The minimum atomic E-state index is 0.0611. The summed E-state index contributed by atoms with van der Waals surface area (Å²) in [5, 5.41) is 6.59. The van der Waals surface area contributed by atoms with Crippen LogP contribution < -0.4 is 10.6 Å². The summed E-state index contributed by atoms with van der Waals surface area (Å²) in [6.45, 7) is 2.31. The van der Waals surface area contributed by atoms with Gasteiger partial charge in [-0.25, -0.2) is 0 Å². The molecular formula is C16H22N2O. The molecule has 0 aliphatic heterocycles. The molecule has 2 N–H and O–H groups in total. The number of carbonyl (C=O) groups is 1. The van der Waals surface area contributed by atoms with Gasteiger partial charge in [-0.15, -0.1) is 0 Å². The number of rotatable bonds is 4. The zero-order chi connectivity index (χ0) is 13.2. The largest absolute Gasteiger partial charge is 0.382 e. The Balaban J connectivity index is 1.63. The topological polar surface area (TPSA) is 41.1 Å². The van der Waals surface area contributed by atoms with Crippen LogP contribution in [0, 0.1) is 5.92 Å². The number of carbonyl (C=O) groups excluding carboxylic acids is 1. The van der Waals surface area contributed by atoms with Crippen LogP contribution in [-0.4, -0.2) is 18.0 Å². The Kier molecular flexibility index (Phi) is 3.45. The number of nitrogens with one attached hydrogen (secondary N) is 2. The lowest BCUT2D eigenvalue weighted by Gasteiger charge is -2.14. The molecule has 0 heterocycles. The van der Waals surface area contributed by atoms with Crippen molar-refractivity contribution in [2.45, 2.75) is 51.1 Å². The van der Waals surface area contributed by atoms with Crippen molar-refractivity contribution in [3.8, 4) is 0 Å². The maximum absolute atomic E-state index is 12.0. The van der Waals surface area contributed by atoms with Crippen molar-refractivity contribution in [3.05, 3.63) is 29.8 Å². The Morgan fingerprint density at radius 1 is 1.16 bits per heavy atom. The van der Waals surface area contributed by atoms with Crippen LogP contribution in [-0.2, 0) is 0 Å². The molecule has 1 aromatic rings. The van der Waals surface area contributed by atoms with Crippen molar-refractivity contribution in [3.63, 3.8) is 0 Å². The molecule has 2 saturated carbocycles. The van der Waals surface area contributed by atoms with Gasteiger partial charge in [0.2, 0.25) is 0 Å². The molecule has 1 aromatic carbocycles. The van der Waals surface area contributed by atoms with Gasteiger partial charge < -0.3 is 10.6 Å². The van der Waals surface area contributed by atoms with Gasteiger partial charge >= 0.3 is 0 Å². The average Bonchev–Trinajstić information content (AvgIpc) is 3.12. The first-order chi connectivity index (χ1) is 9.20. The first-order valence-electron chi connectivity index (χ1n) is 7.38. The molecule has 3 rings (SSSR count). The van der Waals surface area contributed by atoms with Crippen LogP contribution in [0.15, 0.2) is 24.3 Å². The lowest BCUT2D eigenvalue weighted by molar-refractivity contribution is 0.0951. The number of hydrogen-bond donors (Lipinski definition) is 2. The van der Waals surface area contributed by atoms with E-state index in [0.29, 0.717) is 12.1 Å². The van der Waals surface area contributed by atoms with E-state index < -0.39 is 0 Å². The van der Waals surface area contributed by atoms with Gasteiger partial charge in [-0.05, 0) is 56.2 Å². The average molecular weight is 258 g/mol. The van der Waals surface area contributed by atoms with Crippen molar-refractivity contribution in [1.29, 1.82) is 0 Å². The molecule has 1 amide bonds. The summed E-state index contributed by atoms with van der Waals surface area (Å²) >= 11 is 0. The van der Waals surface area contributed by atoms with E-state index in [9.17, 15) is 4.79 Å². The molecule has 2 atom stereocenters. The summed E-state index contributed by atoms with van der Waals surface area (Å²) in [5.41, 5.74) is 1.84. The number of benzene rings is 1. The first kappa shape index (κ1) is 12.5. The molecule has 0 aromatic heterocycles. The van der Waals surface area contributed by atoms with Crippen LogP contribution >= 0.6 is 0 Å². The van der Waals surface area contributed by atoms with Crippen LogP contribution in [0.5, 0.6) is 0 Å². The fraction of sp³-hybridized carbons (Fsp3) is 0.562. The second-order valence-corrected chi connectivity index (χ2v) is 6.09. The number of hydrogen-bond acceptors (Lipinski definition) is 2. The minimum Gasteiger partial charge on any atom is -0.382 e. The Morgan fingerprint density at radius 2 is 1.95 bits per heavy atom. The summed E-state index contributed by atoms with van der Waals surface area (Å²) in [7, 11) is 0. The summed E-state index contributed by atoms with van der Waals surface area (Å²) in [5.74, 6) is 0.879. The highest BCUT2D eigenvalue weighted by Gasteiger charge is 2.24. The quantitative estimate of drug-likeness (QED) is 0.871. The SMILES string of the molecule is CC1CCC(Nc2cccc(C(=O)NC3CC3)c2)C1. The van der Waals surface area contributed by atoms with Gasteiger partial charge in [0.1, 0.15) is 0 Å². The molecule has 3 nitrogen and oxygen atoms in total. The Bertz CT molecular complexity index is 468. The Labute approximate surface area is 114 Å². The summed E-state index contributed by atoms with van der Waals surface area (Å²) in [6.07, 6.45) is 6.03. The standard InChI is InChI=1S/C16H22N2O/c1-11-5-6-15(9-11)17-14-4-2-3-12(10-14)16(19)18-13-7-8-13/h2-4,10-11,13,15,17H,5-9H2,1H3,(H,18,19). The second-order valence-electron chi connectivity index (χ2n) is 6.09. The van der Waals surface area contributed by atoms with Gasteiger partial charge in [0.05, 0.1) is 0 Å². The molecule has 2 aliphatic carbocycles. The summed E-state index contributed by atoms with van der Waals surface area (Å²) < 4.78 is 0. The number of anilines is 1. The van der Waals surface area contributed by atoms with Gasteiger partial charge in [0, 0.05) is 23.3 Å². The van der Waals surface area contributed by atoms with Crippen LogP contribution in [0.1, 0.15) is 49.4 Å². The van der Waals surface area contributed by atoms with E-state index >= 15 is 0 Å². The van der Waals surface area contributed by atoms with E-state index in [1.165, 1.54) is 19.3 Å². The van der Waals surface area contributed by atoms with Crippen LogP contribution in [0.4, 0.5) is 5.69 Å². The zero-order valence-electron chi connectivity index (χ0n) is 11.5. The van der Waals surface area contributed by atoms with Crippen molar-refractivity contribution < 1.29 is 4.79 Å². The summed E-state index contributed by atoms with van der Waals surface area (Å²) in [6, 6.07) is 8.86. The third-order valence-corrected chi connectivity index (χ3v) is 4.10. The molecule has 2 fully saturated rings. The van der Waals surface area contributed by atoms with Crippen molar-refractivity contribution in [1.82, 2.24) is 5.32 Å². The predicted octanol–water partition coefficient (Wildman–Crippen LogP) is 3.18. The van der Waals surface area contributed by atoms with Crippen molar-refractivity contribution >= 4 is 11.6 Å². The van der Waals surface area contributed by atoms with E-state index in [-0.39, 0.29) is 5.91 Å². The normalized spacial score (nSPS) is 26.2. The predicted molar refractivity (Wildman–Crippen MR) is 77.4 cm³/mol. The molecule has 102 valence electrons. The second kappa shape index (κ2) is 5.24. The Hall–Kier alpha value is -1.51. The lowest BCUT2D eigenvalue weighted by Crippen LogP contribution is -2.25. The summed E-state index contributed by atoms with van der Waals surface area (Å²) in [4.78, 5) is 12.0. The van der Waals surface area contributed by atoms with Gasteiger partial charge in [0.25, 0.3) is 5.91 Å². The van der Waals surface area contributed by atoms with E-state index in [1.807, 2.05) is 18.2 Å². The smallest absolute Gasteiger partial charge is 0.251 e. The molecule has 0 bridgehead atoms. The fourth-order valence-corrected chi connectivity index (χ4v) is 2.82. The molecular weight excluding hydrogens is 236 g/mol. The van der Waals surface area contributed by atoms with E-state index in [4.69, 9.17) is 0 Å². The first-order valence-corrected chi connectivity index (χ1v) is 7.38. The third kappa shape index (κ3) is 3.28. The van der Waals surface area contributed by atoms with Crippen molar-refractivity contribution in [2.24, 2.45) is 5.92 Å². The van der Waals surface area contributed by atoms with Gasteiger partial charge in [-0.2, -0.15) is 0 Å². The molecule has 2 unspecified atom stereocenters. The monoisotopic (exact) mass is 258 g/mol. The van der Waals surface area contributed by atoms with Gasteiger partial charge in [-0.1, -0.05) is 13.0 Å². The highest BCUT2D eigenvalue weighted by atomic mass is 16.1. The maximum Gasteiger partial charge on any atom is 0.251 e. The minimum absolute atomic E-state index is 0.0611. The molecule has 0 saturated heterocycles. The van der Waals surface area contributed by atoms with Gasteiger partial charge in [0.15, 0.2) is 0 Å². The highest BCUT2D eigenvalue weighted by Crippen LogP contribution is 2.27. The lowest BCUT2D eigenvalue weighted by atomic mass is 10.1. The van der Waals surface area contributed by atoms with E-state index in [2.05, 4.69) is 23.6 Å². The molecule has 0 spiro atoms. The number of amides is 1. The van der Waals surface area contributed by atoms with Crippen LogP contribution in [0.3, 0.4) is 0 Å². The molecule has 0 radical (unpaired) electrons. The van der Waals surface area contributed by atoms with Crippen molar-refractivity contribution in [2.75, 3.05) is 5.32 Å². The Morgan fingerprint density at radius 3 is 2.63 bits per heavy atom. The van der Waals surface area contributed by atoms with Gasteiger partial charge in [-0.3, -0.25) is 4.79 Å². The highest BCUT2D eigenvalue weighted by molar-refractivity contribution is 5.95. The maximum atomic E-state index is 12.0. The molecule has 2 aliphatic rings. The van der Waals surface area contributed by atoms with E-state index in [1.54, 1.807) is 0 Å². The van der Waals surface area contributed by atoms with Crippen LogP contribution in [0.25, 0.3) is 0 Å². The molecule has 19 heavy (non-hydrogen) atoms. The van der Waals surface area contributed by atoms with E-state index in [0.717, 1.165) is 30.0 Å². The molecule has 3 heteroatoms. The van der Waals surface area contributed by atoms with Crippen LogP contribution in [0.2, 0.25) is 0 Å².